The molecule has 0 aliphatic rings. The van der Waals surface area contributed by atoms with Crippen molar-refractivity contribution in [2.24, 2.45) is 0 Å². The number of methoxy groups -OCH3 is 2. The van der Waals surface area contributed by atoms with E-state index in [2.05, 4.69) is 9.47 Å². The normalized spacial score (nSPS) is 14.0. The van der Waals surface area contributed by atoms with Crippen molar-refractivity contribution < 1.29 is 18.9 Å². The Morgan fingerprint density at radius 2 is 1.29 bits per heavy atom. The fourth-order valence-corrected chi connectivity index (χ4v) is 0.626. The Kier molecular flexibility index (Phi) is 7.71. The van der Waals surface area contributed by atoms with Crippen molar-refractivity contribution in [3.8, 4) is 12.1 Å². The fourth-order valence-electron chi connectivity index (χ4n) is 0.626. The van der Waals surface area contributed by atoms with Crippen LogP contribution in [0.5, 0.6) is 0 Å². The largest absolute Gasteiger partial charge is 0.344 e. The molecule has 6 nitrogen and oxygen atoms in total. The molecule has 0 fully saturated rings. The average molecular weight is 200 g/mol. The van der Waals surface area contributed by atoms with E-state index in [1.807, 2.05) is 0 Å². The third-order valence-corrected chi connectivity index (χ3v) is 1.26. The molecule has 0 saturated carbocycles. The van der Waals surface area contributed by atoms with Gasteiger partial charge in [-0.25, -0.2) is 0 Å². The van der Waals surface area contributed by atoms with Crippen molar-refractivity contribution >= 4 is 0 Å². The lowest BCUT2D eigenvalue weighted by Gasteiger charge is -2.10. The van der Waals surface area contributed by atoms with Crippen LogP contribution in [0, 0.1) is 22.7 Å². The minimum Gasteiger partial charge on any atom is -0.344 e. The van der Waals surface area contributed by atoms with Crippen LogP contribution in [0.25, 0.3) is 0 Å². The van der Waals surface area contributed by atoms with Gasteiger partial charge in [-0.3, -0.25) is 0 Å². The molecule has 0 bridgehead atoms. The quantitative estimate of drug-likeness (QED) is 0.425. The zero-order chi connectivity index (χ0) is 10.8. The van der Waals surface area contributed by atoms with Crippen molar-refractivity contribution in [3.63, 3.8) is 0 Å². The summed E-state index contributed by atoms with van der Waals surface area (Å²) in [5, 5.41) is 16.8. The van der Waals surface area contributed by atoms with Crippen LogP contribution < -0.4 is 0 Å². The monoisotopic (exact) mass is 200 g/mol. The molecule has 0 aromatic rings. The van der Waals surface area contributed by atoms with E-state index in [0.29, 0.717) is 0 Å². The summed E-state index contributed by atoms with van der Waals surface area (Å²) in [6.45, 7) is 0.321. The van der Waals surface area contributed by atoms with E-state index >= 15 is 0 Å². The lowest BCUT2D eigenvalue weighted by atomic mass is 10.6. The van der Waals surface area contributed by atoms with Crippen LogP contribution in [0.1, 0.15) is 0 Å². The number of ether oxygens (including phenoxy) is 4. The Bertz CT molecular complexity index is 196. The summed E-state index contributed by atoms with van der Waals surface area (Å²) in [7, 11) is 2.73. The molecular weight excluding hydrogens is 188 g/mol. The molecule has 0 rings (SSSR count). The van der Waals surface area contributed by atoms with Crippen molar-refractivity contribution in [1.82, 2.24) is 0 Å². The lowest BCUT2D eigenvalue weighted by Crippen LogP contribution is -2.20. The number of nitriles is 2. The van der Waals surface area contributed by atoms with Crippen LogP contribution in [-0.4, -0.2) is 40.0 Å². The topological polar surface area (TPSA) is 84.5 Å². The first-order valence-corrected chi connectivity index (χ1v) is 3.86. The van der Waals surface area contributed by atoms with Gasteiger partial charge in [0, 0.05) is 14.2 Å². The molecule has 14 heavy (non-hydrogen) atoms. The van der Waals surface area contributed by atoms with Crippen LogP contribution in [0.2, 0.25) is 0 Å². The number of hydrogen-bond acceptors (Lipinski definition) is 6. The molecule has 0 aromatic carbocycles. The molecule has 0 radical (unpaired) electrons. The van der Waals surface area contributed by atoms with Crippen LogP contribution in [0.3, 0.4) is 0 Å². The zero-order valence-corrected chi connectivity index (χ0v) is 8.10. The summed E-state index contributed by atoms with van der Waals surface area (Å²) in [5.41, 5.74) is 0. The summed E-state index contributed by atoms with van der Waals surface area (Å²) >= 11 is 0. The van der Waals surface area contributed by atoms with Gasteiger partial charge >= 0.3 is 0 Å². The second kappa shape index (κ2) is 8.42. The second-order valence-corrected chi connectivity index (χ2v) is 2.14. The zero-order valence-electron chi connectivity index (χ0n) is 8.10. The van der Waals surface area contributed by atoms with E-state index in [9.17, 15) is 0 Å². The second-order valence-electron chi connectivity index (χ2n) is 2.14. The van der Waals surface area contributed by atoms with Gasteiger partial charge in [-0.2, -0.15) is 10.5 Å². The van der Waals surface area contributed by atoms with Gasteiger partial charge in [-0.05, 0) is 0 Å². The van der Waals surface area contributed by atoms with Gasteiger partial charge in [0.05, 0.1) is 13.2 Å². The first-order chi connectivity index (χ1) is 6.78. The molecule has 0 aromatic heterocycles. The van der Waals surface area contributed by atoms with Crippen molar-refractivity contribution in [2.45, 2.75) is 12.6 Å². The first kappa shape index (κ1) is 12.8. The van der Waals surface area contributed by atoms with E-state index in [0.717, 1.165) is 0 Å². The highest BCUT2D eigenvalue weighted by atomic mass is 16.7. The molecule has 0 amide bonds. The summed E-state index contributed by atoms with van der Waals surface area (Å²) < 4.78 is 19.1. The highest BCUT2D eigenvalue weighted by Crippen LogP contribution is 1.93. The van der Waals surface area contributed by atoms with E-state index in [4.69, 9.17) is 20.0 Å². The van der Waals surface area contributed by atoms with Gasteiger partial charge in [0.1, 0.15) is 12.1 Å². The van der Waals surface area contributed by atoms with Crippen molar-refractivity contribution in [2.75, 3.05) is 27.4 Å². The standard InChI is InChI=1S/C8H12N2O4/c1-11-7(5-9)13-3-4-14-8(6-10)12-2/h7-8H,3-4H2,1-2H3. The van der Waals surface area contributed by atoms with E-state index < -0.39 is 12.6 Å². The molecule has 6 heteroatoms. The summed E-state index contributed by atoms with van der Waals surface area (Å²) in [6.07, 6.45) is -1.80. The maximum atomic E-state index is 8.41. The van der Waals surface area contributed by atoms with Gasteiger partial charge in [0.2, 0.25) is 12.6 Å². The average Bonchev–Trinajstić information content (AvgIpc) is 2.24. The third-order valence-electron chi connectivity index (χ3n) is 1.26. The van der Waals surface area contributed by atoms with Gasteiger partial charge < -0.3 is 18.9 Å². The Balaban J connectivity index is 3.47. The van der Waals surface area contributed by atoms with Crippen LogP contribution in [-0.2, 0) is 18.9 Å². The summed E-state index contributed by atoms with van der Waals surface area (Å²) in [5.74, 6) is 0. The Morgan fingerprint density at radius 3 is 1.50 bits per heavy atom. The molecule has 78 valence electrons. The third kappa shape index (κ3) is 5.46. The van der Waals surface area contributed by atoms with E-state index in [1.165, 1.54) is 14.2 Å². The maximum Gasteiger partial charge on any atom is 0.248 e. The summed E-state index contributed by atoms with van der Waals surface area (Å²) in [6, 6.07) is 3.54. The van der Waals surface area contributed by atoms with Gasteiger partial charge in [-0.1, -0.05) is 0 Å². The van der Waals surface area contributed by atoms with Gasteiger partial charge in [-0.15, -0.1) is 0 Å². The molecule has 2 atom stereocenters. The SMILES string of the molecule is COC(C#N)OCCOC(C#N)OC. The van der Waals surface area contributed by atoms with Gasteiger partial charge in [0.25, 0.3) is 0 Å². The van der Waals surface area contributed by atoms with Crippen LogP contribution in [0.4, 0.5) is 0 Å². The maximum absolute atomic E-state index is 8.41. The van der Waals surface area contributed by atoms with Crippen molar-refractivity contribution in [1.29, 1.82) is 10.5 Å². The minimum absolute atomic E-state index is 0.160. The smallest absolute Gasteiger partial charge is 0.248 e. The Hall–Kier alpha value is -1.18. The van der Waals surface area contributed by atoms with E-state index in [-0.39, 0.29) is 13.2 Å². The summed E-state index contributed by atoms with van der Waals surface area (Å²) in [4.78, 5) is 0. The molecular formula is C8H12N2O4. The highest BCUT2D eigenvalue weighted by molar-refractivity contribution is 4.76. The molecule has 2 unspecified atom stereocenters. The number of hydrogen-bond donors (Lipinski definition) is 0. The molecule has 0 spiro atoms. The molecule has 0 aliphatic carbocycles. The van der Waals surface area contributed by atoms with E-state index in [1.54, 1.807) is 12.1 Å². The lowest BCUT2D eigenvalue weighted by molar-refractivity contribution is -0.132. The highest BCUT2D eigenvalue weighted by Gasteiger charge is 2.07. The minimum atomic E-state index is -0.901. The van der Waals surface area contributed by atoms with Crippen molar-refractivity contribution in [3.05, 3.63) is 0 Å². The van der Waals surface area contributed by atoms with Crippen LogP contribution in [0.15, 0.2) is 0 Å². The molecule has 0 N–H and O–H groups in total. The predicted octanol–water partition coefficient (Wildman–Crippen LogP) is 0.0118. The first-order valence-electron chi connectivity index (χ1n) is 3.86. The molecule has 0 heterocycles. The number of rotatable bonds is 7. The molecule has 0 saturated heterocycles. The predicted molar refractivity (Wildman–Crippen MR) is 44.7 cm³/mol. The molecule has 0 aliphatic heterocycles. The van der Waals surface area contributed by atoms with Gasteiger partial charge in [0.15, 0.2) is 0 Å². The Morgan fingerprint density at radius 1 is 0.929 bits per heavy atom. The fraction of sp³-hybridized carbons (Fsp3) is 0.750. The number of nitrogens with zero attached hydrogens (tertiary/aromatic N) is 2. The van der Waals surface area contributed by atoms with Crippen LogP contribution >= 0.6 is 0 Å². The Labute approximate surface area is 82.5 Å².